The molecule has 0 atom stereocenters. The second-order valence-electron chi connectivity index (χ2n) is 5.07. The largest absolute Gasteiger partial charge is 0.469 e. The highest BCUT2D eigenvalue weighted by Gasteiger charge is 2.13. The smallest absolute Gasteiger partial charge is 0.305 e. The first kappa shape index (κ1) is 18.3. The van der Waals surface area contributed by atoms with Crippen LogP contribution in [-0.4, -0.2) is 59.6 Å². The number of hydrogen-bond donors (Lipinski definition) is 2. The van der Waals surface area contributed by atoms with Gasteiger partial charge in [-0.1, -0.05) is 0 Å². The number of ether oxygens (including phenoxy) is 2. The quantitative estimate of drug-likeness (QED) is 0.435. The van der Waals surface area contributed by atoms with Crippen LogP contribution in [0, 0.1) is 0 Å². The molecule has 0 aromatic heterocycles. The number of nitrogens with one attached hydrogen (secondary N) is 2. The summed E-state index contributed by atoms with van der Waals surface area (Å²) in [6.07, 6.45) is 3.37. The summed E-state index contributed by atoms with van der Waals surface area (Å²) in [6.45, 7) is 2.90. The molecule has 124 valence electrons. The summed E-state index contributed by atoms with van der Waals surface area (Å²) in [6, 6.07) is 0. The number of rotatable bonds is 10. The average Bonchev–Trinajstić information content (AvgIpc) is 2.47. The average molecular weight is 322 g/mol. The molecule has 8 heteroatoms. The van der Waals surface area contributed by atoms with Gasteiger partial charge in [0.05, 0.1) is 19.0 Å². The van der Waals surface area contributed by atoms with E-state index in [-0.39, 0.29) is 24.6 Å². The minimum Gasteiger partial charge on any atom is -0.469 e. The van der Waals surface area contributed by atoms with Gasteiger partial charge < -0.3 is 14.8 Å². The first-order chi connectivity index (χ1) is 10.0. The van der Waals surface area contributed by atoms with Crippen LogP contribution in [0.3, 0.4) is 0 Å². The Morgan fingerprint density at radius 2 is 2.00 bits per heavy atom. The number of methoxy groups -OCH3 is 1. The van der Waals surface area contributed by atoms with E-state index in [1.807, 2.05) is 0 Å². The standard InChI is InChI=1S/C13H26N2O5S/c1-19-13(16)4-2-11-21(17,18)15-7-3-10-20-12-5-8-14-9-6-12/h12,14-15H,2-11H2,1H3. The zero-order valence-electron chi connectivity index (χ0n) is 12.6. The van der Waals surface area contributed by atoms with E-state index >= 15 is 0 Å². The molecule has 0 aliphatic carbocycles. The Bertz CT molecular complexity index is 393. The van der Waals surface area contributed by atoms with Crippen LogP contribution in [0.4, 0.5) is 0 Å². The first-order valence-electron chi connectivity index (χ1n) is 7.40. The van der Waals surface area contributed by atoms with Gasteiger partial charge in [0.2, 0.25) is 10.0 Å². The maximum atomic E-state index is 11.7. The van der Waals surface area contributed by atoms with E-state index in [1.54, 1.807) is 0 Å². The Morgan fingerprint density at radius 1 is 1.29 bits per heavy atom. The summed E-state index contributed by atoms with van der Waals surface area (Å²) in [5, 5.41) is 3.26. The predicted octanol–water partition coefficient (Wildman–Crippen LogP) is 0.0177. The third-order valence-electron chi connectivity index (χ3n) is 3.30. The van der Waals surface area contributed by atoms with Crippen molar-refractivity contribution < 1.29 is 22.7 Å². The zero-order valence-corrected chi connectivity index (χ0v) is 13.4. The molecule has 21 heavy (non-hydrogen) atoms. The molecule has 0 unspecified atom stereocenters. The monoisotopic (exact) mass is 322 g/mol. The highest BCUT2D eigenvalue weighted by molar-refractivity contribution is 7.89. The highest BCUT2D eigenvalue weighted by atomic mass is 32.2. The van der Waals surface area contributed by atoms with Crippen molar-refractivity contribution in [3.05, 3.63) is 0 Å². The van der Waals surface area contributed by atoms with Gasteiger partial charge in [0.1, 0.15) is 0 Å². The molecule has 1 fully saturated rings. The van der Waals surface area contributed by atoms with Crippen molar-refractivity contribution in [1.82, 2.24) is 10.0 Å². The Balaban J connectivity index is 2.03. The van der Waals surface area contributed by atoms with Crippen LogP contribution in [-0.2, 0) is 24.3 Å². The predicted molar refractivity (Wildman–Crippen MR) is 79.5 cm³/mol. The van der Waals surface area contributed by atoms with Crippen molar-refractivity contribution in [2.24, 2.45) is 0 Å². The van der Waals surface area contributed by atoms with Crippen LogP contribution in [0.25, 0.3) is 0 Å². The molecule has 0 saturated carbocycles. The van der Waals surface area contributed by atoms with E-state index in [4.69, 9.17) is 4.74 Å². The molecule has 1 aliphatic heterocycles. The molecular formula is C13H26N2O5S. The molecule has 1 saturated heterocycles. The van der Waals surface area contributed by atoms with Crippen LogP contribution in [0.1, 0.15) is 32.1 Å². The number of carbonyl (C=O) groups is 1. The SMILES string of the molecule is COC(=O)CCCS(=O)(=O)NCCCOC1CCNCC1. The van der Waals surface area contributed by atoms with Gasteiger partial charge in [-0.25, -0.2) is 13.1 Å². The van der Waals surface area contributed by atoms with Crippen LogP contribution in [0.15, 0.2) is 0 Å². The normalized spacial score (nSPS) is 16.8. The van der Waals surface area contributed by atoms with Gasteiger partial charge in [-0.2, -0.15) is 0 Å². The lowest BCUT2D eigenvalue weighted by Gasteiger charge is -2.22. The van der Waals surface area contributed by atoms with Gasteiger partial charge in [-0.3, -0.25) is 4.79 Å². The van der Waals surface area contributed by atoms with Crippen LogP contribution >= 0.6 is 0 Å². The summed E-state index contributed by atoms with van der Waals surface area (Å²) >= 11 is 0. The van der Waals surface area contributed by atoms with Gasteiger partial charge in [-0.05, 0) is 38.8 Å². The lowest BCUT2D eigenvalue weighted by atomic mass is 10.1. The summed E-state index contributed by atoms with van der Waals surface area (Å²) in [4.78, 5) is 10.9. The lowest BCUT2D eigenvalue weighted by Crippen LogP contribution is -2.33. The fourth-order valence-electron chi connectivity index (χ4n) is 2.09. The number of hydrogen-bond acceptors (Lipinski definition) is 6. The van der Waals surface area contributed by atoms with Crippen molar-refractivity contribution in [3.8, 4) is 0 Å². The second-order valence-corrected chi connectivity index (χ2v) is 6.99. The van der Waals surface area contributed by atoms with Gasteiger partial charge in [0, 0.05) is 19.6 Å². The number of piperidine rings is 1. The number of sulfonamides is 1. The Hall–Kier alpha value is -0.700. The molecule has 1 heterocycles. The van der Waals surface area contributed by atoms with E-state index in [1.165, 1.54) is 7.11 Å². The Morgan fingerprint density at radius 3 is 2.67 bits per heavy atom. The molecular weight excluding hydrogens is 296 g/mol. The van der Waals surface area contributed by atoms with Crippen molar-refractivity contribution in [2.75, 3.05) is 39.1 Å². The minimum absolute atomic E-state index is 0.0583. The number of esters is 1. The van der Waals surface area contributed by atoms with E-state index in [0.29, 0.717) is 25.7 Å². The maximum Gasteiger partial charge on any atom is 0.305 e. The van der Waals surface area contributed by atoms with E-state index in [9.17, 15) is 13.2 Å². The van der Waals surface area contributed by atoms with Crippen LogP contribution in [0.5, 0.6) is 0 Å². The summed E-state index contributed by atoms with van der Waals surface area (Å²) in [5.41, 5.74) is 0. The molecule has 0 amide bonds. The van der Waals surface area contributed by atoms with E-state index in [2.05, 4.69) is 14.8 Å². The molecule has 7 nitrogen and oxygen atoms in total. The fraction of sp³-hybridized carbons (Fsp3) is 0.923. The van der Waals surface area contributed by atoms with Crippen molar-refractivity contribution >= 4 is 16.0 Å². The summed E-state index contributed by atoms with van der Waals surface area (Å²) < 4.78 is 36.0. The topological polar surface area (TPSA) is 93.7 Å². The van der Waals surface area contributed by atoms with Crippen molar-refractivity contribution in [1.29, 1.82) is 0 Å². The highest BCUT2D eigenvalue weighted by Crippen LogP contribution is 2.07. The van der Waals surface area contributed by atoms with Crippen LogP contribution < -0.4 is 10.0 Å². The summed E-state index contributed by atoms with van der Waals surface area (Å²) in [5.74, 6) is -0.447. The second kappa shape index (κ2) is 10.1. The van der Waals surface area contributed by atoms with Crippen molar-refractivity contribution in [2.45, 2.75) is 38.2 Å². The lowest BCUT2D eigenvalue weighted by molar-refractivity contribution is -0.140. The van der Waals surface area contributed by atoms with Gasteiger partial charge >= 0.3 is 5.97 Å². The number of carbonyl (C=O) groups excluding carboxylic acids is 1. The molecule has 0 aromatic carbocycles. The molecule has 0 spiro atoms. The zero-order chi connectivity index (χ0) is 15.6. The van der Waals surface area contributed by atoms with Gasteiger partial charge in [-0.15, -0.1) is 0 Å². The Kier molecular flexibility index (Phi) is 8.82. The third-order valence-corrected chi connectivity index (χ3v) is 4.77. The maximum absolute atomic E-state index is 11.7. The molecule has 2 N–H and O–H groups in total. The van der Waals surface area contributed by atoms with Gasteiger partial charge in [0.25, 0.3) is 0 Å². The van der Waals surface area contributed by atoms with Gasteiger partial charge in [0.15, 0.2) is 0 Å². The van der Waals surface area contributed by atoms with Crippen molar-refractivity contribution in [3.63, 3.8) is 0 Å². The molecule has 0 bridgehead atoms. The third kappa shape index (κ3) is 9.02. The molecule has 1 aliphatic rings. The Labute approximate surface area is 126 Å². The fourth-order valence-corrected chi connectivity index (χ4v) is 3.22. The molecule has 1 rings (SSSR count). The molecule has 0 radical (unpaired) electrons. The first-order valence-corrected chi connectivity index (χ1v) is 9.05. The minimum atomic E-state index is -3.31. The summed E-state index contributed by atoms with van der Waals surface area (Å²) in [7, 11) is -2.02. The van der Waals surface area contributed by atoms with E-state index in [0.717, 1.165) is 25.9 Å². The van der Waals surface area contributed by atoms with E-state index < -0.39 is 10.0 Å². The van der Waals surface area contributed by atoms with Crippen LogP contribution in [0.2, 0.25) is 0 Å². The molecule has 0 aromatic rings.